The molecular formula is C13H16F3N. The number of hydrogen-bond acceptors (Lipinski definition) is 1. The van der Waals surface area contributed by atoms with Crippen LogP contribution >= 0.6 is 0 Å². The predicted molar refractivity (Wildman–Crippen MR) is 62.2 cm³/mol. The minimum absolute atomic E-state index is 0.263. The van der Waals surface area contributed by atoms with Crippen molar-refractivity contribution < 1.29 is 13.2 Å². The van der Waals surface area contributed by atoms with E-state index in [9.17, 15) is 13.2 Å². The van der Waals surface area contributed by atoms with Gasteiger partial charge in [-0.25, -0.2) is 0 Å². The van der Waals surface area contributed by atoms with Crippen LogP contribution in [0, 0.1) is 0 Å². The molecule has 17 heavy (non-hydrogen) atoms. The first kappa shape index (κ1) is 12.3. The Bertz CT molecular complexity index is 398. The molecular weight excluding hydrogens is 227 g/mol. The third-order valence-corrected chi connectivity index (χ3v) is 3.27. The van der Waals surface area contributed by atoms with E-state index in [2.05, 4.69) is 12.2 Å². The summed E-state index contributed by atoms with van der Waals surface area (Å²) in [6, 6.07) is 4.48. The Hall–Kier alpha value is -1.19. The average molecular weight is 243 g/mol. The van der Waals surface area contributed by atoms with Crippen LogP contribution in [0.25, 0.3) is 0 Å². The second-order valence-corrected chi connectivity index (χ2v) is 4.47. The van der Waals surface area contributed by atoms with E-state index in [1.165, 1.54) is 6.07 Å². The van der Waals surface area contributed by atoms with E-state index < -0.39 is 11.7 Å². The van der Waals surface area contributed by atoms with Gasteiger partial charge in [0, 0.05) is 12.2 Å². The van der Waals surface area contributed by atoms with Gasteiger partial charge >= 0.3 is 6.18 Å². The molecule has 2 rings (SSSR count). The van der Waals surface area contributed by atoms with Gasteiger partial charge in [0.15, 0.2) is 0 Å². The fraction of sp³-hybridized carbons (Fsp3) is 0.538. The maximum absolute atomic E-state index is 12.8. The topological polar surface area (TPSA) is 12.0 Å². The number of rotatable bonds is 2. The van der Waals surface area contributed by atoms with Crippen molar-refractivity contribution in [1.82, 2.24) is 0 Å². The number of anilines is 1. The number of halogens is 3. The van der Waals surface area contributed by atoms with Gasteiger partial charge in [0.05, 0.1) is 5.56 Å². The van der Waals surface area contributed by atoms with E-state index in [-0.39, 0.29) is 5.92 Å². The maximum Gasteiger partial charge on any atom is 0.418 e. The van der Waals surface area contributed by atoms with Gasteiger partial charge in [-0.15, -0.1) is 0 Å². The zero-order chi connectivity index (χ0) is 12.5. The van der Waals surface area contributed by atoms with Crippen LogP contribution in [0.4, 0.5) is 18.9 Å². The minimum Gasteiger partial charge on any atom is -0.384 e. The van der Waals surface area contributed by atoms with Crippen LogP contribution in [0.2, 0.25) is 0 Å². The smallest absolute Gasteiger partial charge is 0.384 e. The number of hydrogen-bond donors (Lipinski definition) is 1. The molecule has 0 aliphatic carbocycles. The summed E-state index contributed by atoms with van der Waals surface area (Å²) in [6.07, 6.45) is -1.40. The number of para-hydroxylation sites is 1. The molecule has 1 aliphatic rings. The lowest BCUT2D eigenvalue weighted by atomic mass is 9.86. The van der Waals surface area contributed by atoms with Gasteiger partial charge in [-0.1, -0.05) is 25.5 Å². The van der Waals surface area contributed by atoms with Crippen molar-refractivity contribution in [3.8, 4) is 0 Å². The molecule has 0 saturated carbocycles. The lowest BCUT2D eigenvalue weighted by Gasteiger charge is -2.29. The van der Waals surface area contributed by atoms with Crippen LogP contribution in [0.5, 0.6) is 0 Å². The standard InChI is InChI=1S/C13H16F3N/c1-2-4-9-7-8-17-12-10(9)5-3-6-11(12)13(14,15)16/h3,5-6,9,17H,2,4,7-8H2,1H3. The first-order valence-electron chi connectivity index (χ1n) is 5.98. The minimum atomic E-state index is -4.27. The van der Waals surface area contributed by atoms with Crippen molar-refractivity contribution in [2.24, 2.45) is 0 Å². The molecule has 1 heterocycles. The van der Waals surface area contributed by atoms with Gasteiger partial charge in [0.2, 0.25) is 0 Å². The molecule has 0 aromatic heterocycles. The Morgan fingerprint density at radius 3 is 2.76 bits per heavy atom. The summed E-state index contributed by atoms with van der Waals surface area (Å²) in [5, 5.41) is 2.91. The quantitative estimate of drug-likeness (QED) is 0.811. The van der Waals surface area contributed by atoms with Gasteiger partial charge in [0.1, 0.15) is 0 Å². The lowest BCUT2D eigenvalue weighted by molar-refractivity contribution is -0.137. The number of alkyl halides is 3. The molecule has 0 saturated heterocycles. The monoisotopic (exact) mass is 243 g/mol. The van der Waals surface area contributed by atoms with Crippen molar-refractivity contribution in [2.45, 2.75) is 38.3 Å². The van der Waals surface area contributed by atoms with Crippen LogP contribution < -0.4 is 5.32 Å². The number of fused-ring (bicyclic) bond motifs is 1. The van der Waals surface area contributed by atoms with Crippen LogP contribution in [-0.2, 0) is 6.18 Å². The number of nitrogens with one attached hydrogen (secondary N) is 1. The molecule has 4 heteroatoms. The summed E-state index contributed by atoms with van der Waals surface area (Å²) in [7, 11) is 0. The highest BCUT2D eigenvalue weighted by Gasteiger charge is 2.36. The van der Waals surface area contributed by atoms with E-state index in [0.29, 0.717) is 12.2 Å². The Kier molecular flexibility index (Phi) is 3.31. The summed E-state index contributed by atoms with van der Waals surface area (Å²) in [4.78, 5) is 0. The molecule has 1 unspecified atom stereocenters. The first-order valence-corrected chi connectivity index (χ1v) is 5.98. The highest BCUT2D eigenvalue weighted by Crippen LogP contribution is 2.42. The Morgan fingerprint density at radius 2 is 2.12 bits per heavy atom. The van der Waals surface area contributed by atoms with E-state index in [0.717, 1.165) is 30.9 Å². The average Bonchev–Trinajstić information content (AvgIpc) is 2.28. The van der Waals surface area contributed by atoms with E-state index in [1.807, 2.05) is 6.07 Å². The zero-order valence-electron chi connectivity index (χ0n) is 9.77. The SMILES string of the molecule is CCCC1CCNc2c1cccc2C(F)(F)F. The summed E-state index contributed by atoms with van der Waals surface area (Å²) in [5.41, 5.74) is 0.591. The van der Waals surface area contributed by atoms with Gasteiger partial charge in [-0.2, -0.15) is 13.2 Å². The fourth-order valence-electron chi connectivity index (χ4n) is 2.52. The van der Waals surface area contributed by atoms with Crippen LogP contribution in [0.3, 0.4) is 0 Å². The van der Waals surface area contributed by atoms with Crippen LogP contribution in [0.15, 0.2) is 18.2 Å². The highest BCUT2D eigenvalue weighted by atomic mass is 19.4. The Labute approximate surface area is 99.0 Å². The first-order chi connectivity index (χ1) is 8.04. The predicted octanol–water partition coefficient (Wildman–Crippen LogP) is 4.40. The molecule has 1 aliphatic heterocycles. The Morgan fingerprint density at radius 1 is 1.35 bits per heavy atom. The molecule has 1 N–H and O–H groups in total. The summed E-state index contributed by atoms with van der Waals surface area (Å²) in [6.45, 7) is 2.69. The van der Waals surface area contributed by atoms with Gasteiger partial charge in [-0.05, 0) is 30.4 Å². The molecule has 1 atom stereocenters. The fourth-order valence-corrected chi connectivity index (χ4v) is 2.52. The largest absolute Gasteiger partial charge is 0.418 e. The summed E-state index contributed by atoms with van der Waals surface area (Å²) < 4.78 is 38.5. The van der Waals surface area contributed by atoms with Crippen molar-refractivity contribution in [1.29, 1.82) is 0 Å². The van der Waals surface area contributed by atoms with Crippen molar-refractivity contribution in [3.05, 3.63) is 29.3 Å². The van der Waals surface area contributed by atoms with Crippen molar-refractivity contribution in [2.75, 3.05) is 11.9 Å². The summed E-state index contributed by atoms with van der Waals surface area (Å²) >= 11 is 0. The van der Waals surface area contributed by atoms with E-state index >= 15 is 0 Å². The molecule has 0 bridgehead atoms. The second-order valence-electron chi connectivity index (χ2n) is 4.47. The van der Waals surface area contributed by atoms with Crippen molar-refractivity contribution >= 4 is 5.69 Å². The van der Waals surface area contributed by atoms with Crippen LogP contribution in [0.1, 0.15) is 43.2 Å². The highest BCUT2D eigenvalue weighted by molar-refractivity contribution is 5.61. The summed E-state index contributed by atoms with van der Waals surface area (Å²) in [5.74, 6) is 0.263. The third kappa shape index (κ3) is 2.40. The molecule has 94 valence electrons. The van der Waals surface area contributed by atoms with Crippen molar-refractivity contribution in [3.63, 3.8) is 0 Å². The Balaban J connectivity index is 2.44. The molecule has 1 aromatic rings. The molecule has 1 nitrogen and oxygen atoms in total. The molecule has 1 aromatic carbocycles. The van der Waals surface area contributed by atoms with Gasteiger partial charge in [0.25, 0.3) is 0 Å². The molecule has 0 spiro atoms. The van der Waals surface area contributed by atoms with E-state index in [1.54, 1.807) is 0 Å². The third-order valence-electron chi connectivity index (χ3n) is 3.27. The van der Waals surface area contributed by atoms with Gasteiger partial charge in [-0.3, -0.25) is 0 Å². The molecule has 0 amide bonds. The van der Waals surface area contributed by atoms with E-state index in [4.69, 9.17) is 0 Å². The maximum atomic E-state index is 12.8. The lowest BCUT2D eigenvalue weighted by Crippen LogP contribution is -2.21. The van der Waals surface area contributed by atoms with Crippen LogP contribution in [-0.4, -0.2) is 6.54 Å². The van der Waals surface area contributed by atoms with Gasteiger partial charge < -0.3 is 5.32 Å². The second kappa shape index (κ2) is 4.59. The normalized spacial score (nSPS) is 19.6. The number of benzene rings is 1. The molecule has 0 radical (unpaired) electrons. The molecule has 0 fully saturated rings. The zero-order valence-corrected chi connectivity index (χ0v) is 9.77.